The van der Waals surface area contributed by atoms with Crippen molar-refractivity contribution >= 4 is 5.91 Å². The Morgan fingerprint density at radius 1 is 0.957 bits per heavy atom. The van der Waals surface area contributed by atoms with Gasteiger partial charge in [-0.05, 0) is 31.0 Å². The van der Waals surface area contributed by atoms with Gasteiger partial charge in [0.25, 0.3) is 5.91 Å². The number of aryl methyl sites for hydroxylation is 1. The number of hydrogen-bond acceptors (Lipinski definition) is 2. The standard InChI is InChI=1S/C20H24N2O/c1-17-7-5-10-19(15-17)20(23)22-12-6-11-21(13-14-22)16-18-8-3-2-4-9-18/h2-5,7-10,15H,6,11-14,16H2,1H3. The van der Waals surface area contributed by atoms with Crippen LogP contribution in [-0.4, -0.2) is 41.9 Å². The molecule has 0 N–H and O–H groups in total. The van der Waals surface area contributed by atoms with E-state index in [1.807, 2.05) is 42.2 Å². The van der Waals surface area contributed by atoms with Crippen molar-refractivity contribution in [2.75, 3.05) is 26.2 Å². The second-order valence-electron chi connectivity index (χ2n) is 6.28. The average Bonchev–Trinajstić information content (AvgIpc) is 2.81. The molecular formula is C20H24N2O. The molecule has 0 aliphatic carbocycles. The fraction of sp³-hybridized carbons (Fsp3) is 0.350. The quantitative estimate of drug-likeness (QED) is 0.868. The first-order chi connectivity index (χ1) is 11.2. The fourth-order valence-corrected chi connectivity index (χ4v) is 3.13. The van der Waals surface area contributed by atoms with Gasteiger partial charge in [-0.25, -0.2) is 0 Å². The summed E-state index contributed by atoms with van der Waals surface area (Å²) < 4.78 is 0. The van der Waals surface area contributed by atoms with Gasteiger partial charge in [-0.1, -0.05) is 48.0 Å². The number of hydrogen-bond donors (Lipinski definition) is 0. The molecular weight excluding hydrogens is 284 g/mol. The maximum atomic E-state index is 12.7. The molecule has 1 saturated heterocycles. The number of rotatable bonds is 3. The zero-order valence-corrected chi connectivity index (χ0v) is 13.7. The Bertz CT molecular complexity index is 654. The predicted molar refractivity (Wildman–Crippen MR) is 93.4 cm³/mol. The predicted octanol–water partition coefficient (Wildman–Crippen LogP) is 3.34. The van der Waals surface area contributed by atoms with Gasteiger partial charge >= 0.3 is 0 Å². The second kappa shape index (κ2) is 7.42. The highest BCUT2D eigenvalue weighted by atomic mass is 16.2. The maximum absolute atomic E-state index is 12.7. The molecule has 0 bridgehead atoms. The van der Waals surface area contributed by atoms with Crippen molar-refractivity contribution in [1.29, 1.82) is 0 Å². The summed E-state index contributed by atoms with van der Waals surface area (Å²) in [5.41, 5.74) is 3.28. The monoisotopic (exact) mass is 308 g/mol. The van der Waals surface area contributed by atoms with Crippen LogP contribution in [-0.2, 0) is 6.54 Å². The van der Waals surface area contributed by atoms with E-state index in [1.54, 1.807) is 0 Å². The van der Waals surface area contributed by atoms with Crippen LogP contribution in [0.3, 0.4) is 0 Å². The Morgan fingerprint density at radius 2 is 1.78 bits per heavy atom. The lowest BCUT2D eigenvalue weighted by Gasteiger charge is -2.22. The van der Waals surface area contributed by atoms with Crippen LogP contribution < -0.4 is 0 Å². The van der Waals surface area contributed by atoms with Gasteiger partial charge in [-0.15, -0.1) is 0 Å². The van der Waals surface area contributed by atoms with Gasteiger partial charge in [-0.2, -0.15) is 0 Å². The highest BCUT2D eigenvalue weighted by molar-refractivity contribution is 5.94. The maximum Gasteiger partial charge on any atom is 0.253 e. The van der Waals surface area contributed by atoms with E-state index in [9.17, 15) is 4.79 Å². The first kappa shape index (κ1) is 15.8. The molecule has 0 atom stereocenters. The van der Waals surface area contributed by atoms with Crippen LogP contribution >= 0.6 is 0 Å². The van der Waals surface area contributed by atoms with E-state index in [2.05, 4.69) is 29.2 Å². The Kier molecular flexibility index (Phi) is 5.09. The molecule has 23 heavy (non-hydrogen) atoms. The Labute approximate surface area is 138 Å². The van der Waals surface area contributed by atoms with E-state index in [0.29, 0.717) is 0 Å². The van der Waals surface area contributed by atoms with Gasteiger partial charge in [0.15, 0.2) is 0 Å². The summed E-state index contributed by atoms with van der Waals surface area (Å²) >= 11 is 0. The minimum Gasteiger partial charge on any atom is -0.337 e. The summed E-state index contributed by atoms with van der Waals surface area (Å²) in [5.74, 6) is 0.162. The number of nitrogens with zero attached hydrogens (tertiary/aromatic N) is 2. The van der Waals surface area contributed by atoms with Gasteiger partial charge in [0, 0.05) is 38.3 Å². The lowest BCUT2D eigenvalue weighted by atomic mass is 10.1. The summed E-state index contributed by atoms with van der Waals surface area (Å²) in [5, 5.41) is 0. The van der Waals surface area contributed by atoms with Gasteiger partial charge in [-0.3, -0.25) is 9.69 Å². The molecule has 0 aromatic heterocycles. The van der Waals surface area contributed by atoms with Crippen molar-refractivity contribution in [2.24, 2.45) is 0 Å². The highest BCUT2D eigenvalue weighted by Crippen LogP contribution is 2.13. The van der Waals surface area contributed by atoms with Crippen molar-refractivity contribution in [3.63, 3.8) is 0 Å². The van der Waals surface area contributed by atoms with Crippen LogP contribution in [0.1, 0.15) is 27.9 Å². The molecule has 2 aromatic carbocycles. The molecule has 3 nitrogen and oxygen atoms in total. The molecule has 1 aliphatic heterocycles. The largest absolute Gasteiger partial charge is 0.337 e. The Hall–Kier alpha value is -2.13. The third-order valence-electron chi connectivity index (χ3n) is 4.39. The van der Waals surface area contributed by atoms with Gasteiger partial charge < -0.3 is 4.90 Å². The second-order valence-corrected chi connectivity index (χ2v) is 6.28. The molecule has 1 aliphatic rings. The van der Waals surface area contributed by atoms with E-state index in [-0.39, 0.29) is 5.91 Å². The van der Waals surface area contributed by atoms with Crippen molar-refractivity contribution < 1.29 is 4.79 Å². The molecule has 0 saturated carbocycles. The highest BCUT2D eigenvalue weighted by Gasteiger charge is 2.20. The average molecular weight is 308 g/mol. The topological polar surface area (TPSA) is 23.6 Å². The van der Waals surface area contributed by atoms with Crippen LogP contribution in [0.4, 0.5) is 0 Å². The summed E-state index contributed by atoms with van der Waals surface area (Å²) in [6.45, 7) is 6.63. The molecule has 3 rings (SSSR count). The lowest BCUT2D eigenvalue weighted by Crippen LogP contribution is -2.35. The van der Waals surface area contributed by atoms with Gasteiger partial charge in [0.05, 0.1) is 0 Å². The molecule has 120 valence electrons. The molecule has 0 unspecified atom stereocenters. The number of carbonyl (C=O) groups is 1. The third kappa shape index (κ3) is 4.20. The van der Waals surface area contributed by atoms with Crippen molar-refractivity contribution in [1.82, 2.24) is 9.80 Å². The number of benzene rings is 2. The number of carbonyl (C=O) groups excluding carboxylic acids is 1. The van der Waals surface area contributed by atoms with E-state index in [1.165, 1.54) is 5.56 Å². The molecule has 1 fully saturated rings. The van der Waals surface area contributed by atoms with E-state index in [4.69, 9.17) is 0 Å². The minimum absolute atomic E-state index is 0.162. The zero-order valence-electron chi connectivity index (χ0n) is 13.7. The molecule has 1 amide bonds. The van der Waals surface area contributed by atoms with Gasteiger partial charge in [0.1, 0.15) is 0 Å². The Balaban J connectivity index is 1.61. The van der Waals surface area contributed by atoms with Crippen LogP contribution in [0.15, 0.2) is 54.6 Å². The lowest BCUT2D eigenvalue weighted by molar-refractivity contribution is 0.0761. The van der Waals surface area contributed by atoms with Crippen LogP contribution in [0.25, 0.3) is 0 Å². The minimum atomic E-state index is 0.162. The first-order valence-electron chi connectivity index (χ1n) is 8.34. The van der Waals surface area contributed by atoms with Crippen molar-refractivity contribution in [3.05, 3.63) is 71.3 Å². The first-order valence-corrected chi connectivity index (χ1v) is 8.34. The van der Waals surface area contributed by atoms with Crippen molar-refractivity contribution in [3.8, 4) is 0 Å². The SMILES string of the molecule is Cc1cccc(C(=O)N2CCCN(Cc3ccccc3)CC2)c1. The summed E-state index contributed by atoms with van der Waals surface area (Å²) in [6, 6.07) is 18.4. The summed E-state index contributed by atoms with van der Waals surface area (Å²) in [6.07, 6.45) is 1.03. The smallest absolute Gasteiger partial charge is 0.253 e. The number of amides is 1. The molecule has 3 heteroatoms. The van der Waals surface area contributed by atoms with Crippen LogP contribution in [0.5, 0.6) is 0 Å². The zero-order chi connectivity index (χ0) is 16.1. The van der Waals surface area contributed by atoms with E-state index in [0.717, 1.165) is 50.3 Å². The van der Waals surface area contributed by atoms with E-state index < -0.39 is 0 Å². The molecule has 0 spiro atoms. The normalized spacial score (nSPS) is 16.1. The summed E-state index contributed by atoms with van der Waals surface area (Å²) in [7, 11) is 0. The summed E-state index contributed by atoms with van der Waals surface area (Å²) in [4.78, 5) is 17.1. The van der Waals surface area contributed by atoms with Crippen molar-refractivity contribution in [2.45, 2.75) is 19.9 Å². The van der Waals surface area contributed by atoms with Crippen LogP contribution in [0.2, 0.25) is 0 Å². The van der Waals surface area contributed by atoms with E-state index >= 15 is 0 Å². The van der Waals surface area contributed by atoms with Gasteiger partial charge in [0.2, 0.25) is 0 Å². The third-order valence-corrected chi connectivity index (χ3v) is 4.39. The Morgan fingerprint density at radius 3 is 2.57 bits per heavy atom. The van der Waals surface area contributed by atoms with Crippen LogP contribution in [0, 0.1) is 6.92 Å². The molecule has 1 heterocycles. The molecule has 2 aromatic rings. The molecule has 0 radical (unpaired) electrons. The fourth-order valence-electron chi connectivity index (χ4n) is 3.13.